The lowest BCUT2D eigenvalue weighted by Crippen LogP contribution is -2.38. The summed E-state index contributed by atoms with van der Waals surface area (Å²) in [6.45, 7) is 0. The van der Waals surface area contributed by atoms with Crippen LogP contribution in [-0.4, -0.2) is 5.78 Å². The Hall–Kier alpha value is -2.84. The van der Waals surface area contributed by atoms with E-state index in [0.29, 0.717) is 17.8 Å². The van der Waals surface area contributed by atoms with Crippen LogP contribution >= 0.6 is 11.3 Å². The summed E-state index contributed by atoms with van der Waals surface area (Å²) in [6, 6.07) is 15.9. The number of Topliss-reactive ketones (excluding diaryl/α,β-unsaturated/α-hetero) is 1. The van der Waals surface area contributed by atoms with Gasteiger partial charge in [-0.25, -0.2) is 0 Å². The second kappa shape index (κ2) is 6.23. The Morgan fingerprint density at radius 3 is 2.64 bits per heavy atom. The van der Waals surface area contributed by atoms with E-state index in [1.807, 2.05) is 52.7 Å². The van der Waals surface area contributed by atoms with E-state index < -0.39 is 0 Å². The quantitative estimate of drug-likeness (QED) is 0.889. The molecule has 0 unspecified atom stereocenters. The van der Waals surface area contributed by atoms with E-state index in [4.69, 9.17) is 5.73 Å². The number of carbonyl (C=O) groups is 1. The molecule has 2 aliphatic rings. The third kappa shape index (κ3) is 2.46. The van der Waals surface area contributed by atoms with Gasteiger partial charge in [-0.15, -0.1) is 11.3 Å². The topological polar surface area (TPSA) is 70.1 Å². The molecule has 0 saturated carbocycles. The number of ketones is 1. The van der Waals surface area contributed by atoms with Crippen LogP contribution in [0, 0.1) is 11.3 Å². The van der Waals surface area contributed by atoms with Crippen molar-refractivity contribution in [3.63, 3.8) is 0 Å². The zero-order valence-electron chi connectivity index (χ0n) is 13.6. The molecule has 2 N–H and O–H groups in total. The molecule has 1 aromatic carbocycles. The predicted octanol–water partition coefficient (Wildman–Crippen LogP) is 4.05. The molecule has 0 fully saturated rings. The van der Waals surface area contributed by atoms with Crippen LogP contribution in [0.1, 0.15) is 30.1 Å². The molecule has 25 heavy (non-hydrogen) atoms. The van der Waals surface area contributed by atoms with E-state index in [0.717, 1.165) is 34.7 Å². The fourth-order valence-electron chi connectivity index (χ4n) is 3.70. The third-order valence-electron chi connectivity index (χ3n) is 4.76. The molecule has 124 valence electrons. The average Bonchev–Trinajstić information content (AvgIpc) is 3.16. The van der Waals surface area contributed by atoms with Crippen molar-refractivity contribution in [1.82, 2.24) is 0 Å². The summed E-state index contributed by atoms with van der Waals surface area (Å²) < 4.78 is 0. The monoisotopic (exact) mass is 347 g/mol. The van der Waals surface area contributed by atoms with Crippen molar-refractivity contribution in [2.45, 2.75) is 25.2 Å². The van der Waals surface area contributed by atoms with Crippen LogP contribution in [0.5, 0.6) is 0 Å². The summed E-state index contributed by atoms with van der Waals surface area (Å²) in [4.78, 5) is 15.7. The summed E-state index contributed by atoms with van der Waals surface area (Å²) in [5, 5.41) is 11.8. The summed E-state index contributed by atoms with van der Waals surface area (Å²) in [5.74, 6) is 0.217. The molecule has 1 aliphatic carbocycles. The van der Waals surface area contributed by atoms with Gasteiger partial charge in [0.15, 0.2) is 5.78 Å². The van der Waals surface area contributed by atoms with Gasteiger partial charge in [-0.2, -0.15) is 5.26 Å². The lowest BCUT2D eigenvalue weighted by Gasteiger charge is -2.39. The Morgan fingerprint density at radius 2 is 1.96 bits per heavy atom. The van der Waals surface area contributed by atoms with Crippen LogP contribution in [0.3, 0.4) is 0 Å². The highest BCUT2D eigenvalue weighted by atomic mass is 32.1. The van der Waals surface area contributed by atoms with Crippen LogP contribution in [0.2, 0.25) is 0 Å². The Kier molecular flexibility index (Phi) is 3.90. The first-order valence-corrected chi connectivity index (χ1v) is 9.15. The number of allylic oxidation sites excluding steroid dienone is 3. The molecule has 2 heterocycles. The van der Waals surface area contributed by atoms with Gasteiger partial charge in [-0.1, -0.05) is 24.3 Å². The molecular weight excluding hydrogens is 330 g/mol. The molecule has 0 amide bonds. The van der Waals surface area contributed by atoms with Crippen molar-refractivity contribution in [1.29, 1.82) is 5.26 Å². The first-order valence-electron chi connectivity index (χ1n) is 8.27. The fourth-order valence-corrected chi connectivity index (χ4v) is 4.54. The maximum atomic E-state index is 12.8. The van der Waals surface area contributed by atoms with Crippen molar-refractivity contribution >= 4 is 22.8 Å². The van der Waals surface area contributed by atoms with Crippen molar-refractivity contribution in [2.75, 3.05) is 4.90 Å². The van der Waals surface area contributed by atoms with Crippen molar-refractivity contribution in [3.05, 3.63) is 75.4 Å². The molecule has 4 rings (SSSR count). The van der Waals surface area contributed by atoms with Gasteiger partial charge in [-0.3, -0.25) is 9.69 Å². The number of carbonyl (C=O) groups excluding carboxylic acids is 1. The molecule has 4 nitrogen and oxygen atoms in total. The van der Waals surface area contributed by atoms with E-state index >= 15 is 0 Å². The highest BCUT2D eigenvalue weighted by Crippen LogP contribution is 2.47. The van der Waals surface area contributed by atoms with Crippen molar-refractivity contribution in [3.8, 4) is 6.07 Å². The third-order valence-corrected chi connectivity index (χ3v) is 5.69. The van der Waals surface area contributed by atoms with Gasteiger partial charge in [0.2, 0.25) is 0 Å². The molecule has 0 saturated heterocycles. The Morgan fingerprint density at radius 1 is 1.16 bits per heavy atom. The number of nitrogens with two attached hydrogens (primary N) is 1. The number of benzene rings is 1. The first-order chi connectivity index (χ1) is 12.2. The summed E-state index contributed by atoms with van der Waals surface area (Å²) in [6.07, 6.45) is 2.13. The van der Waals surface area contributed by atoms with Crippen LogP contribution in [-0.2, 0) is 4.79 Å². The largest absolute Gasteiger partial charge is 0.384 e. The summed E-state index contributed by atoms with van der Waals surface area (Å²) in [5.41, 5.74) is 9.49. The van der Waals surface area contributed by atoms with Gasteiger partial charge in [0.05, 0.1) is 17.6 Å². The van der Waals surface area contributed by atoms with Gasteiger partial charge < -0.3 is 5.73 Å². The minimum Gasteiger partial charge on any atom is -0.384 e. The highest BCUT2D eigenvalue weighted by molar-refractivity contribution is 7.10. The minimum absolute atomic E-state index is 0.126. The van der Waals surface area contributed by atoms with Crippen molar-refractivity contribution < 1.29 is 4.79 Å². The molecule has 5 heteroatoms. The minimum atomic E-state index is -0.340. The number of hydrogen-bond acceptors (Lipinski definition) is 5. The number of anilines is 1. The standard InChI is InChI=1S/C20H17N3OS/c21-12-14-18(17-10-5-11-25-17)19-15(8-4-9-16(19)24)23(20(14)22)13-6-2-1-3-7-13/h1-3,5-7,10-11,18H,4,8-9,22H2/t18-/m0/s1. The van der Waals surface area contributed by atoms with Gasteiger partial charge in [-0.05, 0) is 36.4 Å². The number of hydrogen-bond donors (Lipinski definition) is 1. The smallest absolute Gasteiger partial charge is 0.161 e. The Labute approximate surface area is 150 Å². The molecule has 1 aliphatic heterocycles. The highest BCUT2D eigenvalue weighted by Gasteiger charge is 2.40. The average molecular weight is 347 g/mol. The fraction of sp³-hybridized carbons (Fsp3) is 0.200. The van der Waals surface area contributed by atoms with Gasteiger partial charge in [0, 0.05) is 28.3 Å². The number of rotatable bonds is 2. The van der Waals surface area contributed by atoms with E-state index in [2.05, 4.69) is 6.07 Å². The molecular formula is C20H17N3OS. The second-order valence-electron chi connectivity index (χ2n) is 6.17. The first kappa shape index (κ1) is 15.7. The van der Waals surface area contributed by atoms with E-state index in [-0.39, 0.29) is 11.7 Å². The number of thiophene rings is 1. The van der Waals surface area contributed by atoms with E-state index in [1.54, 1.807) is 11.3 Å². The maximum absolute atomic E-state index is 12.8. The van der Waals surface area contributed by atoms with Crippen LogP contribution in [0.25, 0.3) is 0 Å². The molecule has 0 radical (unpaired) electrons. The SMILES string of the molecule is N#CC1=C(N)N(c2ccccc2)C2=C(C(=O)CCC2)[C@@H]1c1cccs1. The summed E-state index contributed by atoms with van der Waals surface area (Å²) >= 11 is 1.56. The molecule has 2 aromatic rings. The Balaban J connectivity index is 1.98. The number of para-hydroxylation sites is 1. The predicted molar refractivity (Wildman–Crippen MR) is 98.7 cm³/mol. The maximum Gasteiger partial charge on any atom is 0.161 e. The zero-order valence-corrected chi connectivity index (χ0v) is 14.4. The summed E-state index contributed by atoms with van der Waals surface area (Å²) in [7, 11) is 0. The van der Waals surface area contributed by atoms with Crippen LogP contribution in [0.4, 0.5) is 5.69 Å². The molecule has 0 bridgehead atoms. The lowest BCUT2D eigenvalue weighted by molar-refractivity contribution is -0.116. The van der Waals surface area contributed by atoms with Crippen LogP contribution in [0.15, 0.2) is 70.5 Å². The Bertz CT molecular complexity index is 920. The number of nitriles is 1. The van der Waals surface area contributed by atoms with Gasteiger partial charge in [0.1, 0.15) is 5.82 Å². The van der Waals surface area contributed by atoms with Gasteiger partial charge in [0.25, 0.3) is 0 Å². The van der Waals surface area contributed by atoms with E-state index in [1.165, 1.54) is 0 Å². The molecule has 0 spiro atoms. The molecule has 1 aromatic heterocycles. The number of nitrogens with zero attached hydrogens (tertiary/aromatic N) is 2. The molecule has 1 atom stereocenters. The van der Waals surface area contributed by atoms with E-state index in [9.17, 15) is 10.1 Å². The lowest BCUT2D eigenvalue weighted by atomic mass is 9.78. The zero-order chi connectivity index (χ0) is 17.4. The van der Waals surface area contributed by atoms with Gasteiger partial charge >= 0.3 is 0 Å². The van der Waals surface area contributed by atoms with Crippen LogP contribution < -0.4 is 10.6 Å². The second-order valence-corrected chi connectivity index (χ2v) is 7.15. The van der Waals surface area contributed by atoms with Crippen molar-refractivity contribution in [2.24, 2.45) is 5.73 Å². The normalized spacial score (nSPS) is 20.5.